The van der Waals surface area contributed by atoms with Gasteiger partial charge in [-0.2, -0.15) is 4.39 Å². The summed E-state index contributed by atoms with van der Waals surface area (Å²) in [6.07, 6.45) is 0. The van der Waals surface area contributed by atoms with Crippen LogP contribution < -0.4 is 5.32 Å². The SMILES string of the molecule is Cc1ccc(-c2ccc(SCC(=O)Nc3ccc(F)c([N+](=O)[O-])c3)nn2)cc1C. The number of nitrogens with zero attached hydrogens (tertiary/aromatic N) is 3. The summed E-state index contributed by atoms with van der Waals surface area (Å²) in [6, 6.07) is 12.9. The summed E-state index contributed by atoms with van der Waals surface area (Å²) in [6.45, 7) is 4.07. The molecule has 148 valence electrons. The van der Waals surface area contributed by atoms with Crippen molar-refractivity contribution < 1.29 is 14.1 Å². The van der Waals surface area contributed by atoms with Crippen LogP contribution in [0, 0.1) is 29.8 Å². The summed E-state index contributed by atoms with van der Waals surface area (Å²) in [4.78, 5) is 22.0. The monoisotopic (exact) mass is 412 g/mol. The molecule has 0 saturated heterocycles. The zero-order valence-corrected chi connectivity index (χ0v) is 16.5. The second kappa shape index (κ2) is 8.78. The molecule has 1 aromatic heterocycles. The minimum Gasteiger partial charge on any atom is -0.325 e. The van der Waals surface area contributed by atoms with E-state index in [0.717, 1.165) is 23.4 Å². The lowest BCUT2D eigenvalue weighted by Crippen LogP contribution is -2.14. The van der Waals surface area contributed by atoms with Gasteiger partial charge in [-0.3, -0.25) is 14.9 Å². The highest BCUT2D eigenvalue weighted by molar-refractivity contribution is 7.99. The minimum atomic E-state index is -0.957. The second-order valence-electron chi connectivity index (χ2n) is 6.32. The third-order valence-corrected chi connectivity index (χ3v) is 5.14. The first-order chi connectivity index (χ1) is 13.8. The molecule has 3 rings (SSSR count). The van der Waals surface area contributed by atoms with Crippen molar-refractivity contribution >= 4 is 29.0 Å². The average molecular weight is 412 g/mol. The summed E-state index contributed by atoms with van der Waals surface area (Å²) in [5, 5.41) is 22.2. The highest BCUT2D eigenvalue weighted by atomic mass is 32.2. The summed E-state index contributed by atoms with van der Waals surface area (Å²) >= 11 is 1.18. The maximum atomic E-state index is 13.4. The average Bonchev–Trinajstić information content (AvgIpc) is 2.70. The van der Waals surface area contributed by atoms with Crippen LogP contribution >= 0.6 is 11.8 Å². The molecule has 0 saturated carbocycles. The van der Waals surface area contributed by atoms with Gasteiger partial charge in [-0.05, 0) is 55.3 Å². The second-order valence-corrected chi connectivity index (χ2v) is 7.31. The van der Waals surface area contributed by atoms with Crippen molar-refractivity contribution in [3.8, 4) is 11.3 Å². The zero-order chi connectivity index (χ0) is 21.0. The third kappa shape index (κ3) is 5.14. The predicted octanol–water partition coefficient (Wildman–Crippen LogP) is 4.54. The number of thioether (sulfide) groups is 1. The number of nitro groups is 1. The fraction of sp³-hybridized carbons (Fsp3) is 0.150. The molecule has 1 N–H and O–H groups in total. The summed E-state index contributed by atoms with van der Waals surface area (Å²) in [5.74, 6) is -1.32. The number of nitrogens with one attached hydrogen (secondary N) is 1. The Kier molecular flexibility index (Phi) is 6.18. The Morgan fingerprint density at radius 1 is 1.10 bits per heavy atom. The molecule has 7 nitrogen and oxygen atoms in total. The number of amides is 1. The molecule has 29 heavy (non-hydrogen) atoms. The Morgan fingerprint density at radius 2 is 1.90 bits per heavy atom. The summed E-state index contributed by atoms with van der Waals surface area (Å²) < 4.78 is 13.4. The van der Waals surface area contributed by atoms with Gasteiger partial charge < -0.3 is 5.32 Å². The largest absolute Gasteiger partial charge is 0.325 e. The fourth-order valence-corrected chi connectivity index (χ4v) is 3.13. The van der Waals surface area contributed by atoms with Gasteiger partial charge in [0.2, 0.25) is 11.7 Å². The van der Waals surface area contributed by atoms with Crippen molar-refractivity contribution in [1.82, 2.24) is 10.2 Å². The number of halogens is 1. The van der Waals surface area contributed by atoms with Crippen molar-refractivity contribution in [2.24, 2.45) is 0 Å². The number of rotatable bonds is 6. The number of carbonyl (C=O) groups excluding carboxylic acids is 1. The number of hydrogen-bond acceptors (Lipinski definition) is 6. The Labute approximate surface area is 170 Å². The van der Waals surface area contributed by atoms with E-state index in [-0.39, 0.29) is 11.4 Å². The van der Waals surface area contributed by atoms with Gasteiger partial charge in [-0.1, -0.05) is 23.9 Å². The first-order valence-electron chi connectivity index (χ1n) is 8.61. The van der Waals surface area contributed by atoms with Crippen LogP contribution in [0.15, 0.2) is 53.6 Å². The van der Waals surface area contributed by atoms with Crippen LogP contribution in [-0.4, -0.2) is 26.8 Å². The Balaban J connectivity index is 1.60. The van der Waals surface area contributed by atoms with Crippen LogP contribution in [0.1, 0.15) is 11.1 Å². The molecule has 2 aromatic carbocycles. The molecule has 0 aliphatic heterocycles. The highest BCUT2D eigenvalue weighted by Crippen LogP contribution is 2.24. The van der Waals surface area contributed by atoms with Gasteiger partial charge in [0.05, 0.1) is 16.4 Å². The molecule has 0 bridgehead atoms. The van der Waals surface area contributed by atoms with Gasteiger partial charge in [-0.15, -0.1) is 10.2 Å². The van der Waals surface area contributed by atoms with Gasteiger partial charge >= 0.3 is 5.69 Å². The van der Waals surface area contributed by atoms with Crippen LogP contribution in [0.3, 0.4) is 0 Å². The molecule has 3 aromatic rings. The Bertz CT molecular complexity index is 1070. The quantitative estimate of drug-likeness (QED) is 0.363. The lowest BCUT2D eigenvalue weighted by molar-refractivity contribution is -0.387. The molecular weight excluding hydrogens is 395 g/mol. The molecular formula is C20H17FN4O3S. The fourth-order valence-electron chi connectivity index (χ4n) is 2.52. The molecule has 1 amide bonds. The number of carbonyl (C=O) groups is 1. The first-order valence-corrected chi connectivity index (χ1v) is 9.60. The molecule has 0 unspecified atom stereocenters. The summed E-state index contributed by atoms with van der Waals surface area (Å²) in [5.41, 5.74) is 3.53. The third-order valence-electron chi connectivity index (χ3n) is 4.22. The Hall–Kier alpha value is -3.33. The highest BCUT2D eigenvalue weighted by Gasteiger charge is 2.15. The molecule has 0 aliphatic rings. The number of anilines is 1. The lowest BCUT2D eigenvalue weighted by atomic mass is 10.0. The molecule has 1 heterocycles. The van der Waals surface area contributed by atoms with Crippen molar-refractivity contribution in [1.29, 1.82) is 0 Å². The number of nitro benzene ring substituents is 1. The Morgan fingerprint density at radius 3 is 2.55 bits per heavy atom. The molecule has 0 aliphatic carbocycles. The lowest BCUT2D eigenvalue weighted by Gasteiger charge is -2.06. The van der Waals surface area contributed by atoms with E-state index in [1.165, 1.54) is 29.0 Å². The van der Waals surface area contributed by atoms with E-state index in [9.17, 15) is 19.3 Å². The van der Waals surface area contributed by atoms with Crippen molar-refractivity contribution in [2.75, 3.05) is 11.1 Å². The number of benzene rings is 2. The standard InChI is InChI=1S/C20H17FN4O3S/c1-12-3-4-14(9-13(12)2)17-7-8-20(24-23-17)29-11-19(26)22-15-5-6-16(21)18(10-15)25(27)28/h3-10H,11H2,1-2H3,(H,22,26). The number of aromatic nitrogens is 2. The van der Waals surface area contributed by atoms with E-state index in [2.05, 4.69) is 15.5 Å². The molecule has 0 fully saturated rings. The van der Waals surface area contributed by atoms with Gasteiger partial charge in [-0.25, -0.2) is 0 Å². The first kappa shape index (κ1) is 20.4. The minimum absolute atomic E-state index is 0.0306. The maximum absolute atomic E-state index is 13.4. The van der Waals surface area contributed by atoms with Gasteiger partial charge in [0.25, 0.3) is 0 Å². The molecule has 0 radical (unpaired) electrons. The van der Waals surface area contributed by atoms with E-state index >= 15 is 0 Å². The summed E-state index contributed by atoms with van der Waals surface area (Å²) in [7, 11) is 0. The van der Waals surface area contributed by atoms with Crippen molar-refractivity contribution in [3.05, 3.63) is 75.6 Å². The van der Waals surface area contributed by atoms with E-state index in [0.29, 0.717) is 5.03 Å². The van der Waals surface area contributed by atoms with Gasteiger partial charge in [0.15, 0.2) is 0 Å². The van der Waals surface area contributed by atoms with E-state index < -0.39 is 22.3 Å². The van der Waals surface area contributed by atoms with E-state index in [1.54, 1.807) is 6.07 Å². The molecule has 0 atom stereocenters. The van der Waals surface area contributed by atoms with Crippen molar-refractivity contribution in [3.63, 3.8) is 0 Å². The number of aryl methyl sites for hydroxylation is 2. The zero-order valence-electron chi connectivity index (χ0n) is 15.7. The normalized spacial score (nSPS) is 10.6. The maximum Gasteiger partial charge on any atom is 0.306 e. The number of hydrogen-bond donors (Lipinski definition) is 1. The van der Waals surface area contributed by atoms with Crippen LogP contribution in [0.5, 0.6) is 0 Å². The van der Waals surface area contributed by atoms with E-state index in [1.807, 2.05) is 38.1 Å². The molecule has 9 heteroatoms. The smallest absolute Gasteiger partial charge is 0.306 e. The van der Waals surface area contributed by atoms with Crippen LogP contribution in [0.25, 0.3) is 11.3 Å². The predicted molar refractivity (Wildman–Crippen MR) is 109 cm³/mol. The van der Waals surface area contributed by atoms with Gasteiger partial charge in [0, 0.05) is 17.3 Å². The van der Waals surface area contributed by atoms with Gasteiger partial charge in [0.1, 0.15) is 5.03 Å². The van der Waals surface area contributed by atoms with Crippen LogP contribution in [0.4, 0.5) is 15.8 Å². The topological polar surface area (TPSA) is 98.0 Å². The van der Waals surface area contributed by atoms with Crippen molar-refractivity contribution in [2.45, 2.75) is 18.9 Å². The molecule has 0 spiro atoms. The van der Waals surface area contributed by atoms with Crippen LogP contribution in [0.2, 0.25) is 0 Å². The van der Waals surface area contributed by atoms with Crippen LogP contribution in [-0.2, 0) is 4.79 Å². The van der Waals surface area contributed by atoms with E-state index in [4.69, 9.17) is 0 Å².